The lowest BCUT2D eigenvalue weighted by Crippen LogP contribution is -2.00. The molecule has 0 radical (unpaired) electrons. The summed E-state index contributed by atoms with van der Waals surface area (Å²) in [6.07, 6.45) is 0. The van der Waals surface area contributed by atoms with Gasteiger partial charge in [0.1, 0.15) is 23.0 Å². The average Bonchev–Trinajstić information content (AvgIpc) is 3.02. The van der Waals surface area contributed by atoms with E-state index in [9.17, 15) is 9.59 Å². The van der Waals surface area contributed by atoms with Gasteiger partial charge in [-0.15, -0.1) is 0 Å². The second kappa shape index (κ2) is 11.9. The molecule has 6 aromatic rings. The summed E-state index contributed by atoms with van der Waals surface area (Å²) in [5.74, 6) is 2.32. The second-order valence-corrected chi connectivity index (χ2v) is 10.4. The van der Waals surface area contributed by atoms with E-state index in [1.165, 1.54) is 0 Å². The topological polar surface area (TPSA) is 52.6 Å². The molecular weight excluding hydrogens is 567 g/mol. The van der Waals surface area contributed by atoms with Gasteiger partial charge < -0.3 is 9.47 Å². The number of rotatable bonds is 8. The van der Waals surface area contributed by atoms with Gasteiger partial charge >= 0.3 is 0 Å². The van der Waals surface area contributed by atoms with Crippen molar-refractivity contribution in [3.63, 3.8) is 0 Å². The summed E-state index contributed by atoms with van der Waals surface area (Å²) in [4.78, 5) is 25.6. The molecule has 204 valence electrons. The first-order valence-corrected chi connectivity index (χ1v) is 13.9. The van der Waals surface area contributed by atoms with Gasteiger partial charge in [0.2, 0.25) is 0 Å². The monoisotopic (exact) mass is 588 g/mol. The lowest BCUT2D eigenvalue weighted by molar-refractivity contribution is 0.103. The van der Waals surface area contributed by atoms with Gasteiger partial charge in [-0.2, -0.15) is 0 Å². The van der Waals surface area contributed by atoms with Gasteiger partial charge in [0.15, 0.2) is 11.6 Å². The standard InChI is InChI=1S/C36H22Cl2O4/c37-27-15-7-23(8-16-27)35(39)25-11-19-29(20-12-25)41-33-5-1-3-31-32(33)4-2-6-34(31)42-30-21-13-26(14-22-30)36(40)24-9-17-28(38)18-10-24/h1-22H. The molecule has 0 aliphatic heterocycles. The van der Waals surface area contributed by atoms with Gasteiger partial charge in [-0.25, -0.2) is 0 Å². The van der Waals surface area contributed by atoms with Crippen LogP contribution < -0.4 is 9.47 Å². The lowest BCUT2D eigenvalue weighted by atomic mass is 10.0. The Balaban J connectivity index is 1.19. The lowest BCUT2D eigenvalue weighted by Gasteiger charge is -2.13. The molecule has 0 fully saturated rings. The Labute approximate surface area is 252 Å². The van der Waals surface area contributed by atoms with Crippen LogP contribution in [-0.2, 0) is 0 Å². The normalized spacial score (nSPS) is 10.8. The molecule has 0 spiro atoms. The summed E-state index contributed by atoms with van der Waals surface area (Å²) in [5, 5.41) is 2.90. The van der Waals surface area contributed by atoms with Crippen LogP contribution in [0.5, 0.6) is 23.0 Å². The third kappa shape index (κ3) is 5.91. The quantitative estimate of drug-likeness (QED) is 0.166. The summed E-state index contributed by atoms with van der Waals surface area (Å²) >= 11 is 11.9. The molecule has 0 aromatic heterocycles. The fourth-order valence-electron chi connectivity index (χ4n) is 4.57. The van der Waals surface area contributed by atoms with Gasteiger partial charge in [-0.05, 0) is 109 Å². The van der Waals surface area contributed by atoms with Crippen molar-refractivity contribution in [2.24, 2.45) is 0 Å². The van der Waals surface area contributed by atoms with Crippen LogP contribution in [0.3, 0.4) is 0 Å². The van der Waals surface area contributed by atoms with Crippen molar-refractivity contribution in [3.8, 4) is 23.0 Å². The van der Waals surface area contributed by atoms with E-state index in [0.29, 0.717) is 55.3 Å². The van der Waals surface area contributed by atoms with Crippen molar-refractivity contribution in [1.82, 2.24) is 0 Å². The average molecular weight is 589 g/mol. The first-order chi connectivity index (χ1) is 20.4. The first-order valence-electron chi connectivity index (χ1n) is 13.1. The number of benzene rings is 6. The van der Waals surface area contributed by atoms with E-state index in [-0.39, 0.29) is 11.6 Å². The van der Waals surface area contributed by atoms with Crippen molar-refractivity contribution in [2.75, 3.05) is 0 Å². The first kappa shape index (κ1) is 27.3. The number of ketones is 2. The highest BCUT2D eigenvalue weighted by Crippen LogP contribution is 2.36. The van der Waals surface area contributed by atoms with Crippen LogP contribution >= 0.6 is 23.2 Å². The van der Waals surface area contributed by atoms with Crippen molar-refractivity contribution in [1.29, 1.82) is 0 Å². The van der Waals surface area contributed by atoms with E-state index in [2.05, 4.69) is 0 Å². The number of carbonyl (C=O) groups is 2. The number of hydrogen-bond acceptors (Lipinski definition) is 4. The number of fused-ring (bicyclic) bond motifs is 1. The van der Waals surface area contributed by atoms with Gasteiger partial charge in [-0.1, -0.05) is 47.5 Å². The molecule has 0 heterocycles. The molecule has 0 N–H and O–H groups in total. The number of ether oxygens (including phenoxy) is 2. The van der Waals surface area contributed by atoms with E-state index < -0.39 is 0 Å². The third-order valence-corrected chi connectivity index (χ3v) is 7.25. The van der Waals surface area contributed by atoms with Crippen LogP contribution in [0.4, 0.5) is 0 Å². The minimum absolute atomic E-state index is 0.0902. The van der Waals surface area contributed by atoms with E-state index in [1.54, 1.807) is 97.1 Å². The summed E-state index contributed by atoms with van der Waals surface area (Å²) in [6.45, 7) is 0. The Morgan fingerprint density at radius 1 is 0.405 bits per heavy atom. The summed E-state index contributed by atoms with van der Waals surface area (Å²) in [6, 6.07) is 39.2. The molecule has 0 atom stereocenters. The van der Waals surface area contributed by atoms with Crippen molar-refractivity contribution in [2.45, 2.75) is 0 Å². The van der Waals surface area contributed by atoms with Crippen LogP contribution in [0.25, 0.3) is 10.8 Å². The van der Waals surface area contributed by atoms with Crippen molar-refractivity contribution >= 4 is 45.5 Å². The van der Waals surface area contributed by atoms with Crippen molar-refractivity contribution < 1.29 is 19.1 Å². The van der Waals surface area contributed by atoms with Crippen molar-refractivity contribution in [3.05, 3.63) is 166 Å². The van der Waals surface area contributed by atoms with Gasteiger partial charge in [0.05, 0.1) is 0 Å². The van der Waals surface area contributed by atoms with Gasteiger partial charge in [-0.3, -0.25) is 9.59 Å². The zero-order chi connectivity index (χ0) is 29.1. The van der Waals surface area contributed by atoms with E-state index in [0.717, 1.165) is 10.8 Å². The zero-order valence-corrected chi connectivity index (χ0v) is 23.6. The Morgan fingerprint density at radius 2 is 0.714 bits per heavy atom. The summed E-state index contributed by atoms with van der Waals surface area (Å²) in [5.41, 5.74) is 2.24. The Kier molecular flexibility index (Phi) is 7.74. The number of carbonyl (C=O) groups excluding carboxylic acids is 2. The highest BCUT2D eigenvalue weighted by atomic mass is 35.5. The smallest absolute Gasteiger partial charge is 0.193 e. The number of hydrogen-bond donors (Lipinski definition) is 0. The Morgan fingerprint density at radius 3 is 1.05 bits per heavy atom. The molecule has 0 aliphatic carbocycles. The van der Waals surface area contributed by atoms with Gasteiger partial charge in [0, 0.05) is 43.1 Å². The molecule has 0 bridgehead atoms. The van der Waals surface area contributed by atoms with Crippen LogP contribution in [0.15, 0.2) is 133 Å². The minimum atomic E-state index is -0.0902. The SMILES string of the molecule is O=C(c1ccc(Cl)cc1)c1ccc(Oc2cccc3c(Oc4ccc(C(=O)c5ccc(Cl)cc5)cc4)cccc23)cc1. The Bertz CT molecular complexity index is 1750. The fraction of sp³-hybridized carbons (Fsp3) is 0. The molecular formula is C36H22Cl2O4. The maximum atomic E-state index is 12.8. The van der Waals surface area contributed by atoms with Crippen LogP contribution in [-0.4, -0.2) is 11.6 Å². The highest BCUT2D eigenvalue weighted by Gasteiger charge is 2.13. The molecule has 6 heteroatoms. The van der Waals surface area contributed by atoms with E-state index in [1.807, 2.05) is 36.4 Å². The molecule has 0 amide bonds. The highest BCUT2D eigenvalue weighted by molar-refractivity contribution is 6.31. The molecule has 6 rings (SSSR count). The molecule has 42 heavy (non-hydrogen) atoms. The summed E-state index contributed by atoms with van der Waals surface area (Å²) in [7, 11) is 0. The number of halogens is 2. The van der Waals surface area contributed by atoms with E-state index in [4.69, 9.17) is 32.7 Å². The molecule has 0 aliphatic rings. The van der Waals surface area contributed by atoms with E-state index >= 15 is 0 Å². The van der Waals surface area contributed by atoms with Gasteiger partial charge in [0.25, 0.3) is 0 Å². The maximum Gasteiger partial charge on any atom is 0.193 e. The minimum Gasteiger partial charge on any atom is -0.457 e. The molecule has 0 saturated heterocycles. The van der Waals surface area contributed by atoms with Crippen LogP contribution in [0.1, 0.15) is 31.8 Å². The molecule has 0 saturated carbocycles. The van der Waals surface area contributed by atoms with Crippen LogP contribution in [0.2, 0.25) is 10.0 Å². The molecule has 6 aromatic carbocycles. The molecule has 4 nitrogen and oxygen atoms in total. The predicted octanol–water partition coefficient (Wildman–Crippen LogP) is 10.2. The fourth-order valence-corrected chi connectivity index (χ4v) is 4.82. The third-order valence-electron chi connectivity index (χ3n) is 6.74. The second-order valence-electron chi connectivity index (χ2n) is 9.53. The van der Waals surface area contributed by atoms with Crippen LogP contribution in [0, 0.1) is 0 Å². The summed E-state index contributed by atoms with van der Waals surface area (Å²) < 4.78 is 12.4. The maximum absolute atomic E-state index is 12.8. The largest absolute Gasteiger partial charge is 0.457 e. The molecule has 0 unspecified atom stereocenters. The zero-order valence-electron chi connectivity index (χ0n) is 22.1. The Hall–Kier alpha value is -4.90. The predicted molar refractivity (Wildman–Crippen MR) is 167 cm³/mol.